The number of pyridine rings is 1. The molecule has 0 atom stereocenters. The number of halogens is 1. The highest BCUT2D eigenvalue weighted by atomic mass is 79.9. The molecular formula is C14H14BrN3O2. The second-order valence-corrected chi connectivity index (χ2v) is 5.01. The van der Waals surface area contributed by atoms with Crippen LogP contribution in [-0.4, -0.2) is 29.1 Å². The Morgan fingerprint density at radius 3 is 2.55 bits per heavy atom. The summed E-state index contributed by atoms with van der Waals surface area (Å²) in [6, 6.07) is 9.87. The van der Waals surface area contributed by atoms with Crippen molar-refractivity contribution in [1.29, 1.82) is 0 Å². The van der Waals surface area contributed by atoms with Crippen LogP contribution in [0.4, 0.5) is 5.82 Å². The molecule has 1 heterocycles. The standard InChI is InChI=1S/C14H14BrN3O2/c15-11-3-6-13(18-9-11)16-7-8-17-14(20)10-1-4-12(19)5-2-10/h1-6,9,19H,7-8H2,(H,16,18)(H,17,20). The third-order valence-electron chi connectivity index (χ3n) is 2.57. The third-order valence-corrected chi connectivity index (χ3v) is 3.04. The minimum atomic E-state index is -0.171. The predicted octanol–water partition coefficient (Wildman–Crippen LogP) is 2.39. The average molecular weight is 336 g/mol. The van der Waals surface area contributed by atoms with Crippen LogP contribution in [0.3, 0.4) is 0 Å². The molecule has 1 aromatic heterocycles. The summed E-state index contributed by atoms with van der Waals surface area (Å²) >= 11 is 3.31. The summed E-state index contributed by atoms with van der Waals surface area (Å²) in [6.07, 6.45) is 1.71. The van der Waals surface area contributed by atoms with Gasteiger partial charge < -0.3 is 15.7 Å². The van der Waals surface area contributed by atoms with Gasteiger partial charge in [0.05, 0.1) is 0 Å². The van der Waals surface area contributed by atoms with E-state index in [0.29, 0.717) is 18.7 Å². The van der Waals surface area contributed by atoms with Crippen molar-refractivity contribution in [3.05, 3.63) is 52.6 Å². The highest BCUT2D eigenvalue weighted by Gasteiger charge is 2.04. The minimum absolute atomic E-state index is 0.143. The van der Waals surface area contributed by atoms with E-state index in [-0.39, 0.29) is 11.7 Å². The monoisotopic (exact) mass is 335 g/mol. The molecule has 0 bridgehead atoms. The number of hydrogen-bond donors (Lipinski definition) is 3. The van der Waals surface area contributed by atoms with Crippen molar-refractivity contribution in [1.82, 2.24) is 10.3 Å². The summed E-state index contributed by atoms with van der Waals surface area (Å²) in [5, 5.41) is 15.0. The van der Waals surface area contributed by atoms with Gasteiger partial charge in [-0.15, -0.1) is 0 Å². The van der Waals surface area contributed by atoms with Gasteiger partial charge in [0.1, 0.15) is 11.6 Å². The lowest BCUT2D eigenvalue weighted by Crippen LogP contribution is -2.28. The van der Waals surface area contributed by atoms with E-state index in [9.17, 15) is 4.79 Å². The maximum absolute atomic E-state index is 11.8. The summed E-state index contributed by atoms with van der Waals surface area (Å²) in [6.45, 7) is 1.07. The number of benzene rings is 1. The van der Waals surface area contributed by atoms with Gasteiger partial charge >= 0.3 is 0 Å². The highest BCUT2D eigenvalue weighted by Crippen LogP contribution is 2.10. The number of anilines is 1. The van der Waals surface area contributed by atoms with Gasteiger partial charge in [0.15, 0.2) is 0 Å². The summed E-state index contributed by atoms with van der Waals surface area (Å²) in [4.78, 5) is 15.9. The Balaban J connectivity index is 1.74. The molecule has 2 aromatic rings. The van der Waals surface area contributed by atoms with E-state index >= 15 is 0 Å². The number of aromatic nitrogens is 1. The van der Waals surface area contributed by atoms with Gasteiger partial charge in [-0.25, -0.2) is 4.98 Å². The maximum Gasteiger partial charge on any atom is 0.251 e. The summed E-state index contributed by atoms with van der Waals surface area (Å²) in [5.41, 5.74) is 0.518. The fraction of sp³-hybridized carbons (Fsp3) is 0.143. The second-order valence-electron chi connectivity index (χ2n) is 4.09. The molecule has 104 valence electrons. The topological polar surface area (TPSA) is 74.2 Å². The first-order valence-corrected chi connectivity index (χ1v) is 6.87. The number of phenols is 1. The third kappa shape index (κ3) is 4.24. The van der Waals surface area contributed by atoms with Crippen molar-refractivity contribution in [2.24, 2.45) is 0 Å². The molecule has 20 heavy (non-hydrogen) atoms. The SMILES string of the molecule is O=C(NCCNc1ccc(Br)cn1)c1ccc(O)cc1. The van der Waals surface area contributed by atoms with Crippen LogP contribution >= 0.6 is 15.9 Å². The van der Waals surface area contributed by atoms with Gasteiger partial charge in [-0.3, -0.25) is 4.79 Å². The molecule has 1 amide bonds. The van der Waals surface area contributed by atoms with Crippen LogP contribution < -0.4 is 10.6 Å². The Morgan fingerprint density at radius 2 is 1.90 bits per heavy atom. The molecule has 6 heteroatoms. The number of amides is 1. The second kappa shape index (κ2) is 6.91. The molecule has 0 saturated carbocycles. The number of carbonyl (C=O) groups excluding carboxylic acids is 1. The number of carbonyl (C=O) groups is 1. The van der Waals surface area contributed by atoms with E-state index in [1.807, 2.05) is 12.1 Å². The Morgan fingerprint density at radius 1 is 1.15 bits per heavy atom. The average Bonchev–Trinajstić information content (AvgIpc) is 2.46. The van der Waals surface area contributed by atoms with Crippen LogP contribution in [0.15, 0.2) is 47.1 Å². The first kappa shape index (κ1) is 14.3. The zero-order chi connectivity index (χ0) is 14.4. The maximum atomic E-state index is 11.8. The number of aromatic hydroxyl groups is 1. The van der Waals surface area contributed by atoms with E-state index in [1.165, 1.54) is 12.1 Å². The zero-order valence-corrected chi connectivity index (χ0v) is 12.2. The van der Waals surface area contributed by atoms with E-state index in [1.54, 1.807) is 18.3 Å². The molecule has 5 nitrogen and oxygen atoms in total. The van der Waals surface area contributed by atoms with Crippen molar-refractivity contribution in [3.63, 3.8) is 0 Å². The van der Waals surface area contributed by atoms with Crippen molar-refractivity contribution in [2.75, 3.05) is 18.4 Å². The number of rotatable bonds is 5. The fourth-order valence-electron chi connectivity index (χ4n) is 1.56. The molecule has 0 aliphatic carbocycles. The van der Waals surface area contributed by atoms with E-state index in [2.05, 4.69) is 31.5 Å². The van der Waals surface area contributed by atoms with Crippen LogP contribution in [0.2, 0.25) is 0 Å². The lowest BCUT2D eigenvalue weighted by molar-refractivity contribution is 0.0955. The van der Waals surface area contributed by atoms with Crippen molar-refractivity contribution < 1.29 is 9.90 Å². The van der Waals surface area contributed by atoms with Gasteiger partial charge in [-0.2, -0.15) is 0 Å². The smallest absolute Gasteiger partial charge is 0.251 e. The van der Waals surface area contributed by atoms with E-state index < -0.39 is 0 Å². The molecule has 2 rings (SSSR count). The molecular weight excluding hydrogens is 322 g/mol. The summed E-state index contributed by atoms with van der Waals surface area (Å²) in [5.74, 6) is 0.729. The first-order chi connectivity index (χ1) is 9.65. The Bertz CT molecular complexity index is 570. The lowest BCUT2D eigenvalue weighted by Gasteiger charge is -2.07. The van der Waals surface area contributed by atoms with Crippen molar-refractivity contribution in [3.8, 4) is 5.75 Å². The van der Waals surface area contributed by atoms with Crippen LogP contribution in [0.5, 0.6) is 5.75 Å². The summed E-state index contributed by atoms with van der Waals surface area (Å²) < 4.78 is 0.920. The molecule has 0 radical (unpaired) electrons. The van der Waals surface area contributed by atoms with Crippen LogP contribution in [0, 0.1) is 0 Å². The number of nitrogens with zero attached hydrogens (tertiary/aromatic N) is 1. The number of hydrogen-bond acceptors (Lipinski definition) is 4. The fourth-order valence-corrected chi connectivity index (χ4v) is 1.80. The van der Waals surface area contributed by atoms with E-state index in [0.717, 1.165) is 10.3 Å². The van der Waals surface area contributed by atoms with Crippen LogP contribution in [0.1, 0.15) is 10.4 Å². The number of phenolic OH excluding ortho intramolecular Hbond substituents is 1. The van der Waals surface area contributed by atoms with E-state index in [4.69, 9.17) is 5.11 Å². The van der Waals surface area contributed by atoms with Crippen molar-refractivity contribution >= 4 is 27.7 Å². The molecule has 0 aliphatic heterocycles. The Hall–Kier alpha value is -2.08. The molecule has 3 N–H and O–H groups in total. The highest BCUT2D eigenvalue weighted by molar-refractivity contribution is 9.10. The largest absolute Gasteiger partial charge is 0.508 e. The van der Waals surface area contributed by atoms with Gasteiger partial charge in [-0.05, 0) is 52.3 Å². The van der Waals surface area contributed by atoms with Crippen LogP contribution in [-0.2, 0) is 0 Å². The van der Waals surface area contributed by atoms with Gasteiger partial charge in [0.2, 0.25) is 0 Å². The molecule has 0 aliphatic rings. The molecule has 1 aromatic carbocycles. The molecule has 0 unspecified atom stereocenters. The lowest BCUT2D eigenvalue weighted by atomic mass is 10.2. The zero-order valence-electron chi connectivity index (χ0n) is 10.6. The quantitative estimate of drug-likeness (QED) is 0.733. The molecule has 0 fully saturated rings. The van der Waals surface area contributed by atoms with Gasteiger partial charge in [0, 0.05) is 29.3 Å². The Kier molecular flexibility index (Phi) is 4.95. The first-order valence-electron chi connectivity index (χ1n) is 6.08. The minimum Gasteiger partial charge on any atom is -0.508 e. The molecule has 0 spiro atoms. The predicted molar refractivity (Wildman–Crippen MR) is 80.9 cm³/mol. The summed E-state index contributed by atoms with van der Waals surface area (Å²) in [7, 11) is 0. The van der Waals surface area contributed by atoms with Gasteiger partial charge in [0.25, 0.3) is 5.91 Å². The van der Waals surface area contributed by atoms with Crippen molar-refractivity contribution in [2.45, 2.75) is 0 Å². The number of nitrogens with one attached hydrogen (secondary N) is 2. The van der Waals surface area contributed by atoms with Gasteiger partial charge in [-0.1, -0.05) is 0 Å². The Labute approximate surface area is 125 Å². The molecule has 0 saturated heterocycles. The normalized spacial score (nSPS) is 10.1. The van der Waals surface area contributed by atoms with Crippen LogP contribution in [0.25, 0.3) is 0 Å².